The van der Waals surface area contributed by atoms with Crippen molar-refractivity contribution in [2.24, 2.45) is 0 Å². The highest BCUT2D eigenvalue weighted by Crippen LogP contribution is 2.32. The van der Waals surface area contributed by atoms with E-state index in [1.54, 1.807) is 12.3 Å². The molecule has 1 aliphatic rings. The molecule has 0 aromatic heterocycles. The Labute approximate surface area is 173 Å². The van der Waals surface area contributed by atoms with E-state index in [4.69, 9.17) is 4.74 Å². The summed E-state index contributed by atoms with van der Waals surface area (Å²) in [7, 11) is 0. The Kier molecular flexibility index (Phi) is 6.46. The molecule has 8 heteroatoms. The maximum atomic E-state index is 13.6. The Hall–Kier alpha value is -3.68. The van der Waals surface area contributed by atoms with E-state index in [0.29, 0.717) is 0 Å². The van der Waals surface area contributed by atoms with Crippen LogP contribution in [0, 0.1) is 5.82 Å². The summed E-state index contributed by atoms with van der Waals surface area (Å²) in [4.78, 5) is 38.1. The zero-order chi connectivity index (χ0) is 21.7. The van der Waals surface area contributed by atoms with Crippen molar-refractivity contribution in [2.75, 3.05) is 0 Å². The summed E-state index contributed by atoms with van der Waals surface area (Å²) in [6, 6.07) is 12.7. The van der Waals surface area contributed by atoms with Gasteiger partial charge in [-0.3, -0.25) is 25.2 Å². The zero-order valence-corrected chi connectivity index (χ0v) is 16.6. The van der Waals surface area contributed by atoms with Gasteiger partial charge in [0.05, 0.1) is 12.5 Å². The first-order valence-corrected chi connectivity index (χ1v) is 9.42. The second kappa shape index (κ2) is 9.21. The van der Waals surface area contributed by atoms with E-state index in [1.165, 1.54) is 36.9 Å². The summed E-state index contributed by atoms with van der Waals surface area (Å²) < 4.78 is 18.9. The third kappa shape index (κ3) is 4.83. The van der Waals surface area contributed by atoms with Crippen molar-refractivity contribution in [1.82, 2.24) is 15.8 Å². The van der Waals surface area contributed by atoms with Crippen LogP contribution in [0.3, 0.4) is 0 Å². The predicted octanol–water partition coefficient (Wildman–Crippen LogP) is 2.70. The average Bonchev–Trinajstić information content (AvgIpc) is 2.73. The highest BCUT2D eigenvalue weighted by atomic mass is 19.1. The molecule has 0 saturated carbocycles. The molecule has 0 unspecified atom stereocenters. The molecule has 3 amide bonds. The predicted molar refractivity (Wildman–Crippen MR) is 108 cm³/mol. The van der Waals surface area contributed by atoms with Crippen LogP contribution in [0.1, 0.15) is 37.4 Å². The minimum Gasteiger partial charge on any atom is -0.478 e. The molecular formula is C22H22FN3O4. The lowest BCUT2D eigenvalue weighted by atomic mass is 9.93. The van der Waals surface area contributed by atoms with Crippen molar-refractivity contribution in [3.8, 4) is 5.75 Å². The van der Waals surface area contributed by atoms with Crippen molar-refractivity contribution >= 4 is 23.8 Å². The fraction of sp³-hybridized carbons (Fsp3) is 0.227. The molecule has 0 aliphatic carbocycles. The van der Waals surface area contributed by atoms with Crippen LogP contribution in [-0.4, -0.2) is 28.7 Å². The fourth-order valence-corrected chi connectivity index (χ4v) is 3.16. The van der Waals surface area contributed by atoms with Gasteiger partial charge in [-0.25, -0.2) is 4.39 Å². The normalized spacial score (nSPS) is 15.7. The topological polar surface area (TPSA) is 87.7 Å². The number of carbonyl (C=O) groups is 3. The molecule has 0 saturated heterocycles. The Balaban J connectivity index is 1.59. The minimum atomic E-state index is -1.03. The standard InChI is InChI=1S/C22H22FN3O4/c1-14(30-20-10-6-5-9-18(20)23)22(29)25-24-21(28)13-19-17-8-4-3-7-16(17)11-12-26(19)15(2)27/h3-12,14,19H,13H2,1-2H3,(H,24,28)(H,25,29)/t14-,19-/m1/s1. The molecule has 2 aromatic carbocycles. The number of hydrogen-bond acceptors (Lipinski definition) is 4. The molecule has 3 rings (SSSR count). The van der Waals surface area contributed by atoms with Crippen molar-refractivity contribution in [3.05, 3.63) is 71.7 Å². The van der Waals surface area contributed by atoms with Crippen LogP contribution < -0.4 is 15.6 Å². The number of nitrogens with zero attached hydrogens (tertiary/aromatic N) is 1. The van der Waals surface area contributed by atoms with Gasteiger partial charge in [-0.1, -0.05) is 36.4 Å². The lowest BCUT2D eigenvalue weighted by Gasteiger charge is -2.32. The van der Waals surface area contributed by atoms with Crippen molar-refractivity contribution < 1.29 is 23.5 Å². The number of nitrogens with one attached hydrogen (secondary N) is 2. The number of benzene rings is 2. The Morgan fingerprint density at radius 1 is 1.10 bits per heavy atom. The van der Waals surface area contributed by atoms with Gasteiger partial charge in [-0.15, -0.1) is 0 Å². The number of para-hydroxylation sites is 1. The minimum absolute atomic E-state index is 0.0518. The quantitative estimate of drug-likeness (QED) is 0.741. The summed E-state index contributed by atoms with van der Waals surface area (Å²) >= 11 is 0. The molecule has 0 radical (unpaired) electrons. The number of carbonyl (C=O) groups excluding carboxylic acids is 3. The summed E-state index contributed by atoms with van der Waals surface area (Å²) in [6.07, 6.45) is 2.37. The monoisotopic (exact) mass is 411 g/mol. The molecule has 2 atom stereocenters. The van der Waals surface area contributed by atoms with Crippen LogP contribution in [0.5, 0.6) is 5.75 Å². The SMILES string of the molecule is CC(=O)N1C=Cc2ccccc2[C@H]1CC(=O)NNC(=O)[C@@H](C)Oc1ccccc1F. The third-order valence-corrected chi connectivity index (χ3v) is 4.68. The summed E-state index contributed by atoms with van der Waals surface area (Å²) in [5.41, 5.74) is 6.36. The molecule has 2 aromatic rings. The van der Waals surface area contributed by atoms with Crippen LogP contribution in [0.4, 0.5) is 4.39 Å². The Morgan fingerprint density at radius 2 is 1.80 bits per heavy atom. The van der Waals surface area contributed by atoms with E-state index in [0.717, 1.165) is 11.1 Å². The van der Waals surface area contributed by atoms with Crippen molar-refractivity contribution in [1.29, 1.82) is 0 Å². The second-order valence-electron chi connectivity index (χ2n) is 6.82. The second-order valence-corrected chi connectivity index (χ2v) is 6.82. The van der Waals surface area contributed by atoms with E-state index in [1.807, 2.05) is 30.3 Å². The van der Waals surface area contributed by atoms with E-state index in [-0.39, 0.29) is 18.1 Å². The first-order chi connectivity index (χ1) is 14.4. The van der Waals surface area contributed by atoms with Crippen molar-refractivity contribution in [3.63, 3.8) is 0 Å². The summed E-state index contributed by atoms with van der Waals surface area (Å²) in [5.74, 6) is -1.97. The van der Waals surface area contributed by atoms with Crippen LogP contribution in [0.25, 0.3) is 6.08 Å². The molecule has 2 N–H and O–H groups in total. The van der Waals surface area contributed by atoms with E-state index >= 15 is 0 Å². The van der Waals surface area contributed by atoms with E-state index in [2.05, 4.69) is 10.9 Å². The maximum absolute atomic E-state index is 13.6. The van der Waals surface area contributed by atoms with Gasteiger partial charge in [0.25, 0.3) is 5.91 Å². The molecule has 30 heavy (non-hydrogen) atoms. The maximum Gasteiger partial charge on any atom is 0.279 e. The number of ether oxygens (including phenoxy) is 1. The molecule has 156 valence electrons. The number of halogens is 1. The molecule has 7 nitrogen and oxygen atoms in total. The molecule has 0 bridgehead atoms. The van der Waals surface area contributed by atoms with Gasteiger partial charge in [0.2, 0.25) is 11.8 Å². The van der Waals surface area contributed by atoms with Gasteiger partial charge in [0, 0.05) is 13.1 Å². The van der Waals surface area contributed by atoms with Gasteiger partial charge < -0.3 is 9.64 Å². The number of rotatable bonds is 5. The van der Waals surface area contributed by atoms with Gasteiger partial charge in [0.1, 0.15) is 0 Å². The van der Waals surface area contributed by atoms with Crippen LogP contribution in [0.15, 0.2) is 54.7 Å². The molecule has 0 spiro atoms. The largest absolute Gasteiger partial charge is 0.478 e. The first-order valence-electron chi connectivity index (χ1n) is 9.42. The van der Waals surface area contributed by atoms with Gasteiger partial charge >= 0.3 is 0 Å². The van der Waals surface area contributed by atoms with E-state index < -0.39 is 29.8 Å². The smallest absolute Gasteiger partial charge is 0.279 e. The number of fused-ring (bicyclic) bond motifs is 1. The molecule has 1 aliphatic heterocycles. The number of hydrazine groups is 1. The third-order valence-electron chi connectivity index (χ3n) is 4.68. The highest BCUT2D eigenvalue weighted by Gasteiger charge is 2.28. The summed E-state index contributed by atoms with van der Waals surface area (Å²) in [5, 5.41) is 0. The van der Waals surface area contributed by atoms with Gasteiger partial charge in [0.15, 0.2) is 17.7 Å². The lowest BCUT2D eigenvalue weighted by molar-refractivity contribution is -0.134. The number of amides is 3. The molecule has 1 heterocycles. The molecule has 0 fully saturated rings. The lowest BCUT2D eigenvalue weighted by Crippen LogP contribution is -2.48. The fourth-order valence-electron chi connectivity index (χ4n) is 3.16. The van der Waals surface area contributed by atoms with Crippen LogP contribution in [0.2, 0.25) is 0 Å². The summed E-state index contributed by atoms with van der Waals surface area (Å²) in [6.45, 7) is 2.86. The van der Waals surface area contributed by atoms with Gasteiger partial charge in [-0.2, -0.15) is 0 Å². The van der Waals surface area contributed by atoms with Crippen LogP contribution >= 0.6 is 0 Å². The Morgan fingerprint density at radius 3 is 2.53 bits per heavy atom. The Bertz CT molecular complexity index is 992. The average molecular weight is 411 g/mol. The number of hydrogen-bond donors (Lipinski definition) is 2. The highest BCUT2D eigenvalue weighted by molar-refractivity contribution is 5.86. The van der Waals surface area contributed by atoms with E-state index in [9.17, 15) is 18.8 Å². The van der Waals surface area contributed by atoms with Gasteiger partial charge in [-0.05, 0) is 36.3 Å². The molecular weight excluding hydrogens is 389 g/mol. The van der Waals surface area contributed by atoms with Crippen molar-refractivity contribution in [2.45, 2.75) is 32.4 Å². The zero-order valence-electron chi connectivity index (χ0n) is 16.6. The van der Waals surface area contributed by atoms with Crippen LogP contribution in [-0.2, 0) is 14.4 Å². The first kappa shape index (κ1) is 21.0.